The number of benzene rings is 3. The molecule has 1 heterocycles. The molecule has 1 aromatic heterocycles. The van der Waals surface area contributed by atoms with Crippen LogP contribution in [0.2, 0.25) is 0 Å². The maximum atomic E-state index is 13.5. The van der Waals surface area contributed by atoms with E-state index in [2.05, 4.69) is 10.0 Å². The molecule has 4 rings (SSSR count). The summed E-state index contributed by atoms with van der Waals surface area (Å²) < 4.78 is 64.1. The zero-order chi connectivity index (χ0) is 30.4. The van der Waals surface area contributed by atoms with Crippen LogP contribution in [0.5, 0.6) is 0 Å². The van der Waals surface area contributed by atoms with E-state index in [4.69, 9.17) is 9.47 Å². The van der Waals surface area contributed by atoms with E-state index in [1.54, 1.807) is 13.0 Å². The Hall–Kier alpha value is -4.62. The van der Waals surface area contributed by atoms with Gasteiger partial charge in [0.2, 0.25) is 0 Å². The van der Waals surface area contributed by atoms with Crippen molar-refractivity contribution in [3.05, 3.63) is 102 Å². The van der Waals surface area contributed by atoms with Crippen LogP contribution in [0.25, 0.3) is 10.4 Å². The Morgan fingerprint density at radius 2 is 1.60 bits per heavy atom. The Morgan fingerprint density at radius 3 is 2.24 bits per heavy atom. The summed E-state index contributed by atoms with van der Waals surface area (Å²) in [6.07, 6.45) is -1.26. The van der Waals surface area contributed by atoms with Gasteiger partial charge >= 0.3 is 11.9 Å². The molecular weight excluding hydrogens is 590 g/mol. The lowest BCUT2D eigenvalue weighted by Crippen LogP contribution is -2.30. The highest BCUT2D eigenvalue weighted by Gasteiger charge is 2.24. The molecule has 0 saturated carbocycles. The summed E-state index contributed by atoms with van der Waals surface area (Å²) in [4.78, 5) is 38.3. The van der Waals surface area contributed by atoms with E-state index in [9.17, 15) is 31.6 Å². The Labute approximate surface area is 244 Å². The van der Waals surface area contributed by atoms with Gasteiger partial charge in [-0.15, -0.1) is 11.3 Å². The first-order chi connectivity index (χ1) is 20.0. The van der Waals surface area contributed by atoms with Crippen molar-refractivity contribution < 1.29 is 41.1 Å². The minimum absolute atomic E-state index is 0.0140. The fraction of sp³-hybridized carbons (Fsp3) is 0.138. The predicted octanol–water partition coefficient (Wildman–Crippen LogP) is 5.85. The molecule has 3 aromatic carbocycles. The molecule has 13 heteroatoms. The van der Waals surface area contributed by atoms with Crippen LogP contribution in [0.15, 0.2) is 83.8 Å². The number of thiophene rings is 1. The zero-order valence-electron chi connectivity index (χ0n) is 22.2. The molecule has 0 spiro atoms. The van der Waals surface area contributed by atoms with Crippen molar-refractivity contribution in [2.45, 2.75) is 24.8 Å². The minimum Gasteiger partial charge on any atom is -0.462 e. The molecule has 1 atom stereocenters. The van der Waals surface area contributed by atoms with Crippen LogP contribution in [0.1, 0.15) is 34.6 Å². The SMILES string of the molecule is CCOC(=O)c1cc(-c2ccccc2)sc1NC(=O)[C@@H](C)OC(=O)c1ccc(NS(=O)(=O)c2ccc(F)c(F)c2)cc1. The first-order valence-electron chi connectivity index (χ1n) is 12.4. The molecule has 4 aromatic rings. The van der Waals surface area contributed by atoms with E-state index in [-0.39, 0.29) is 28.4 Å². The monoisotopic (exact) mass is 614 g/mol. The fourth-order valence-corrected chi connectivity index (χ4v) is 5.74. The summed E-state index contributed by atoms with van der Waals surface area (Å²) in [7, 11) is -4.23. The van der Waals surface area contributed by atoms with Crippen molar-refractivity contribution in [1.29, 1.82) is 0 Å². The molecule has 0 aliphatic carbocycles. The van der Waals surface area contributed by atoms with Crippen molar-refractivity contribution in [2.24, 2.45) is 0 Å². The number of carbonyl (C=O) groups is 3. The lowest BCUT2D eigenvalue weighted by Gasteiger charge is -2.14. The van der Waals surface area contributed by atoms with Crippen molar-refractivity contribution in [3.8, 4) is 10.4 Å². The lowest BCUT2D eigenvalue weighted by molar-refractivity contribution is -0.123. The van der Waals surface area contributed by atoms with Crippen molar-refractivity contribution in [3.63, 3.8) is 0 Å². The third-order valence-electron chi connectivity index (χ3n) is 5.75. The second-order valence-electron chi connectivity index (χ2n) is 8.74. The smallest absolute Gasteiger partial charge is 0.341 e. The van der Waals surface area contributed by atoms with Gasteiger partial charge in [-0.2, -0.15) is 0 Å². The van der Waals surface area contributed by atoms with Crippen molar-refractivity contribution in [1.82, 2.24) is 0 Å². The normalized spacial score (nSPS) is 11.8. The van der Waals surface area contributed by atoms with Crippen molar-refractivity contribution in [2.75, 3.05) is 16.6 Å². The average molecular weight is 615 g/mol. The Balaban J connectivity index is 1.42. The minimum atomic E-state index is -4.23. The van der Waals surface area contributed by atoms with Crippen LogP contribution in [0, 0.1) is 11.6 Å². The Kier molecular flexibility index (Phi) is 9.33. The van der Waals surface area contributed by atoms with Gasteiger partial charge in [0, 0.05) is 10.6 Å². The van der Waals surface area contributed by atoms with E-state index in [1.807, 2.05) is 30.3 Å². The Bertz CT molecular complexity index is 1720. The summed E-state index contributed by atoms with van der Waals surface area (Å²) >= 11 is 1.16. The number of esters is 2. The van der Waals surface area contributed by atoms with Crippen molar-refractivity contribution >= 4 is 49.9 Å². The lowest BCUT2D eigenvalue weighted by atomic mass is 10.1. The molecular formula is C29H24F2N2O7S2. The molecule has 2 N–H and O–H groups in total. The molecule has 0 unspecified atom stereocenters. The molecule has 0 aliphatic heterocycles. The zero-order valence-corrected chi connectivity index (χ0v) is 23.9. The van der Waals surface area contributed by atoms with Crippen LogP contribution in [-0.2, 0) is 24.3 Å². The number of amides is 1. The standard InChI is InChI=1S/C29H24F2N2O7S2/c1-3-39-29(36)22-16-25(18-7-5-4-6-8-18)41-27(22)32-26(34)17(2)40-28(35)19-9-11-20(12-10-19)33-42(37,38)21-13-14-23(30)24(31)15-21/h4-17,33H,3H2,1-2H3,(H,32,34)/t17-/m1/s1. The second kappa shape index (κ2) is 12.9. The number of sulfonamides is 1. The average Bonchev–Trinajstić information content (AvgIpc) is 3.39. The van der Waals surface area contributed by atoms with E-state index >= 15 is 0 Å². The number of halogens is 2. The predicted molar refractivity (Wildman–Crippen MR) is 153 cm³/mol. The molecule has 0 radical (unpaired) electrons. The highest BCUT2D eigenvalue weighted by Crippen LogP contribution is 2.36. The number of anilines is 2. The molecule has 0 bridgehead atoms. The van der Waals surface area contributed by atoms with Gasteiger partial charge in [-0.3, -0.25) is 9.52 Å². The molecule has 1 amide bonds. The van der Waals surface area contributed by atoms with Crippen LogP contribution in [-0.4, -0.2) is 39.0 Å². The van der Waals surface area contributed by atoms with Gasteiger partial charge in [-0.25, -0.2) is 26.8 Å². The van der Waals surface area contributed by atoms with Crippen LogP contribution in [0.3, 0.4) is 0 Å². The molecule has 42 heavy (non-hydrogen) atoms. The van der Waals surface area contributed by atoms with Gasteiger partial charge in [-0.1, -0.05) is 30.3 Å². The highest BCUT2D eigenvalue weighted by molar-refractivity contribution is 7.92. The number of nitrogens with one attached hydrogen (secondary N) is 2. The van der Waals surface area contributed by atoms with E-state index in [0.717, 1.165) is 27.8 Å². The van der Waals surface area contributed by atoms with E-state index in [1.165, 1.54) is 31.2 Å². The van der Waals surface area contributed by atoms with Gasteiger partial charge in [-0.05, 0) is 67.9 Å². The number of hydrogen-bond donors (Lipinski definition) is 2. The number of ether oxygens (including phenoxy) is 2. The number of hydrogen-bond acceptors (Lipinski definition) is 8. The van der Waals surface area contributed by atoms with Crippen LogP contribution in [0.4, 0.5) is 19.5 Å². The van der Waals surface area contributed by atoms with Crippen LogP contribution < -0.4 is 10.0 Å². The van der Waals surface area contributed by atoms with E-state index in [0.29, 0.717) is 12.1 Å². The molecule has 218 valence electrons. The van der Waals surface area contributed by atoms with E-state index < -0.39 is 50.5 Å². The summed E-state index contributed by atoms with van der Waals surface area (Å²) in [5.74, 6) is -4.68. The number of rotatable bonds is 10. The quantitative estimate of drug-likeness (QED) is 0.214. The van der Waals surface area contributed by atoms with Gasteiger partial charge in [0.25, 0.3) is 15.9 Å². The van der Waals surface area contributed by atoms with Crippen LogP contribution >= 0.6 is 11.3 Å². The maximum absolute atomic E-state index is 13.5. The highest BCUT2D eigenvalue weighted by atomic mass is 32.2. The Morgan fingerprint density at radius 1 is 0.905 bits per heavy atom. The largest absolute Gasteiger partial charge is 0.462 e. The molecule has 0 aliphatic rings. The summed E-state index contributed by atoms with van der Waals surface area (Å²) in [5.41, 5.74) is 1.05. The van der Waals surface area contributed by atoms with Gasteiger partial charge in [0.05, 0.1) is 22.6 Å². The van der Waals surface area contributed by atoms with Gasteiger partial charge in [0.15, 0.2) is 17.7 Å². The summed E-state index contributed by atoms with van der Waals surface area (Å²) in [6, 6.07) is 18.1. The first kappa shape index (κ1) is 30.3. The summed E-state index contributed by atoms with van der Waals surface area (Å²) in [5, 5.41) is 2.86. The van der Waals surface area contributed by atoms with Gasteiger partial charge in [0.1, 0.15) is 5.00 Å². The number of carbonyl (C=O) groups excluding carboxylic acids is 3. The summed E-state index contributed by atoms with van der Waals surface area (Å²) in [6.45, 7) is 3.16. The third-order valence-corrected chi connectivity index (χ3v) is 8.23. The second-order valence-corrected chi connectivity index (χ2v) is 11.5. The maximum Gasteiger partial charge on any atom is 0.341 e. The molecule has 9 nitrogen and oxygen atoms in total. The topological polar surface area (TPSA) is 128 Å². The third kappa shape index (κ3) is 7.17. The fourth-order valence-electron chi connectivity index (χ4n) is 3.62. The molecule has 0 saturated heterocycles. The van der Waals surface area contributed by atoms with Gasteiger partial charge < -0.3 is 14.8 Å². The molecule has 0 fully saturated rings. The first-order valence-corrected chi connectivity index (χ1v) is 14.7.